The van der Waals surface area contributed by atoms with E-state index in [1.54, 1.807) is 47.8 Å². The standard InChI is InChI=1S/C24H29N3O5S/c1-16(28)25-18-9-11-23(12-10-18)33(30,31)27-20-6-4-7-21(27)15-19(14-20)26-24(29)17-5-3-8-22(13-17)32-2/h3,5,8-13,19-21H,4,6-7,14-15H2,1-2H3,(H,25,28)(H,26,29)/t19?,20-,21+. The minimum Gasteiger partial charge on any atom is -0.497 e. The first-order chi connectivity index (χ1) is 15.8. The van der Waals surface area contributed by atoms with Crippen LogP contribution in [-0.4, -0.2) is 49.8 Å². The minimum atomic E-state index is -3.69. The van der Waals surface area contributed by atoms with Crippen LogP contribution >= 0.6 is 0 Å². The molecule has 8 nitrogen and oxygen atoms in total. The number of rotatable bonds is 6. The van der Waals surface area contributed by atoms with Gasteiger partial charge in [-0.2, -0.15) is 4.31 Å². The number of hydrogen-bond donors (Lipinski definition) is 2. The van der Waals surface area contributed by atoms with E-state index in [2.05, 4.69) is 10.6 Å². The first kappa shape index (κ1) is 23.3. The molecule has 0 saturated carbocycles. The first-order valence-electron chi connectivity index (χ1n) is 11.1. The Morgan fingerprint density at radius 1 is 1.03 bits per heavy atom. The van der Waals surface area contributed by atoms with Crippen LogP contribution in [0.5, 0.6) is 5.75 Å². The van der Waals surface area contributed by atoms with Crippen molar-refractivity contribution in [3.8, 4) is 5.75 Å². The van der Waals surface area contributed by atoms with Gasteiger partial charge < -0.3 is 15.4 Å². The molecule has 2 N–H and O–H groups in total. The molecule has 2 aromatic carbocycles. The van der Waals surface area contributed by atoms with Crippen LogP contribution in [0.4, 0.5) is 5.69 Å². The van der Waals surface area contributed by atoms with Gasteiger partial charge in [0.05, 0.1) is 12.0 Å². The Hall–Kier alpha value is -2.91. The van der Waals surface area contributed by atoms with Crippen molar-refractivity contribution in [2.24, 2.45) is 0 Å². The fourth-order valence-corrected chi connectivity index (χ4v) is 6.81. The van der Waals surface area contributed by atoms with E-state index in [1.807, 2.05) is 0 Å². The molecule has 2 fully saturated rings. The summed E-state index contributed by atoms with van der Waals surface area (Å²) in [6.07, 6.45) is 3.67. The third kappa shape index (κ3) is 5.04. The number of fused-ring (bicyclic) bond motifs is 2. The molecule has 0 aliphatic carbocycles. The Balaban J connectivity index is 1.49. The van der Waals surface area contributed by atoms with E-state index >= 15 is 0 Å². The van der Waals surface area contributed by atoms with Gasteiger partial charge >= 0.3 is 0 Å². The molecule has 9 heteroatoms. The van der Waals surface area contributed by atoms with Gasteiger partial charge in [-0.05, 0) is 68.1 Å². The van der Waals surface area contributed by atoms with Crippen LogP contribution < -0.4 is 15.4 Å². The summed E-state index contributed by atoms with van der Waals surface area (Å²) in [7, 11) is -2.13. The molecule has 176 valence electrons. The number of nitrogens with one attached hydrogen (secondary N) is 2. The molecule has 0 radical (unpaired) electrons. The van der Waals surface area contributed by atoms with Crippen molar-refractivity contribution in [1.29, 1.82) is 0 Å². The molecule has 2 aromatic rings. The lowest BCUT2D eigenvalue weighted by Crippen LogP contribution is -2.58. The number of methoxy groups -OCH3 is 1. The van der Waals surface area contributed by atoms with Crippen molar-refractivity contribution in [3.05, 3.63) is 54.1 Å². The SMILES string of the molecule is COc1cccc(C(=O)NC2C[C@H]3CCC[C@@H](C2)N3S(=O)(=O)c2ccc(NC(C)=O)cc2)c1. The smallest absolute Gasteiger partial charge is 0.251 e. The lowest BCUT2D eigenvalue weighted by molar-refractivity contribution is -0.114. The maximum Gasteiger partial charge on any atom is 0.251 e. The van der Waals surface area contributed by atoms with Gasteiger partial charge in [-0.3, -0.25) is 9.59 Å². The third-order valence-electron chi connectivity index (χ3n) is 6.32. The molecule has 0 spiro atoms. The van der Waals surface area contributed by atoms with E-state index in [1.165, 1.54) is 19.1 Å². The maximum absolute atomic E-state index is 13.5. The Bertz CT molecular complexity index is 1120. The zero-order valence-corrected chi connectivity index (χ0v) is 19.6. The van der Waals surface area contributed by atoms with Crippen molar-refractivity contribution < 1.29 is 22.7 Å². The number of carbonyl (C=O) groups is 2. The largest absolute Gasteiger partial charge is 0.497 e. The second-order valence-corrected chi connectivity index (χ2v) is 10.5. The zero-order valence-electron chi connectivity index (χ0n) is 18.8. The number of ether oxygens (including phenoxy) is 1. The monoisotopic (exact) mass is 471 g/mol. The van der Waals surface area contributed by atoms with Crippen LogP contribution in [0.1, 0.15) is 49.4 Å². The van der Waals surface area contributed by atoms with E-state index in [0.29, 0.717) is 29.8 Å². The lowest BCUT2D eigenvalue weighted by atomic mass is 9.84. The van der Waals surface area contributed by atoms with Crippen LogP contribution in [0.3, 0.4) is 0 Å². The predicted octanol–water partition coefficient (Wildman–Crippen LogP) is 3.16. The van der Waals surface area contributed by atoms with Gasteiger partial charge in [-0.25, -0.2) is 8.42 Å². The summed E-state index contributed by atoms with van der Waals surface area (Å²) in [6, 6.07) is 12.9. The molecule has 1 unspecified atom stereocenters. The molecule has 2 saturated heterocycles. The molecular weight excluding hydrogens is 442 g/mol. The van der Waals surface area contributed by atoms with Crippen molar-refractivity contribution in [1.82, 2.24) is 9.62 Å². The number of benzene rings is 2. The second-order valence-electron chi connectivity index (χ2n) is 8.65. The minimum absolute atomic E-state index is 0.0902. The quantitative estimate of drug-likeness (QED) is 0.673. The Morgan fingerprint density at radius 2 is 1.70 bits per heavy atom. The Labute approximate surface area is 194 Å². The van der Waals surface area contributed by atoms with Crippen molar-refractivity contribution >= 4 is 27.5 Å². The fourth-order valence-electron chi connectivity index (χ4n) is 4.92. The molecular formula is C24H29N3O5S. The summed E-state index contributed by atoms with van der Waals surface area (Å²) in [5, 5.41) is 5.75. The molecule has 3 atom stereocenters. The van der Waals surface area contributed by atoms with E-state index in [9.17, 15) is 18.0 Å². The number of amides is 2. The van der Waals surface area contributed by atoms with Gasteiger partial charge in [-0.15, -0.1) is 0 Å². The van der Waals surface area contributed by atoms with Gasteiger partial charge in [-0.1, -0.05) is 12.5 Å². The molecule has 4 rings (SSSR count). The fraction of sp³-hybridized carbons (Fsp3) is 0.417. The third-order valence-corrected chi connectivity index (χ3v) is 8.34. The average molecular weight is 472 g/mol. The van der Waals surface area contributed by atoms with Gasteiger partial charge in [0.15, 0.2) is 0 Å². The number of anilines is 1. The summed E-state index contributed by atoms with van der Waals surface area (Å²) in [6.45, 7) is 1.41. The first-order valence-corrected chi connectivity index (χ1v) is 12.6. The van der Waals surface area contributed by atoms with E-state index in [0.717, 1.165) is 19.3 Å². The van der Waals surface area contributed by atoms with E-state index < -0.39 is 10.0 Å². The number of sulfonamides is 1. The zero-order chi connectivity index (χ0) is 23.6. The van der Waals surface area contributed by atoms with Crippen LogP contribution in [0.2, 0.25) is 0 Å². The normalized spacial score (nSPS) is 22.9. The molecule has 2 amide bonds. The van der Waals surface area contributed by atoms with Crippen molar-refractivity contribution in [2.75, 3.05) is 12.4 Å². The average Bonchev–Trinajstić information content (AvgIpc) is 2.78. The lowest BCUT2D eigenvalue weighted by Gasteiger charge is -2.47. The van der Waals surface area contributed by atoms with Gasteiger partial charge in [0.2, 0.25) is 15.9 Å². The van der Waals surface area contributed by atoms with Crippen molar-refractivity contribution in [2.45, 2.75) is 62.0 Å². The second kappa shape index (κ2) is 9.52. The van der Waals surface area contributed by atoms with Crippen LogP contribution in [0.15, 0.2) is 53.4 Å². The highest BCUT2D eigenvalue weighted by molar-refractivity contribution is 7.89. The molecule has 2 heterocycles. The van der Waals surface area contributed by atoms with Gasteiger partial charge in [0.1, 0.15) is 5.75 Å². The number of piperidine rings is 2. The van der Waals surface area contributed by atoms with Crippen LogP contribution in [0, 0.1) is 0 Å². The Kier molecular flexibility index (Phi) is 6.71. The summed E-state index contributed by atoms with van der Waals surface area (Å²) >= 11 is 0. The van der Waals surface area contributed by atoms with Crippen molar-refractivity contribution in [3.63, 3.8) is 0 Å². The predicted molar refractivity (Wildman–Crippen MR) is 125 cm³/mol. The topological polar surface area (TPSA) is 105 Å². The summed E-state index contributed by atoms with van der Waals surface area (Å²) in [5.41, 5.74) is 1.08. The molecule has 0 aromatic heterocycles. The highest BCUT2D eigenvalue weighted by Crippen LogP contribution is 2.38. The highest BCUT2D eigenvalue weighted by Gasteiger charge is 2.45. The summed E-state index contributed by atoms with van der Waals surface area (Å²) < 4.78 is 33.8. The highest BCUT2D eigenvalue weighted by atomic mass is 32.2. The molecule has 2 aliphatic rings. The summed E-state index contributed by atoms with van der Waals surface area (Å²) in [4.78, 5) is 24.2. The number of hydrogen-bond acceptors (Lipinski definition) is 5. The van der Waals surface area contributed by atoms with E-state index in [4.69, 9.17) is 4.74 Å². The number of carbonyl (C=O) groups excluding carboxylic acids is 2. The van der Waals surface area contributed by atoms with E-state index in [-0.39, 0.29) is 34.8 Å². The van der Waals surface area contributed by atoms with Crippen LogP contribution in [-0.2, 0) is 14.8 Å². The maximum atomic E-state index is 13.5. The van der Waals surface area contributed by atoms with Gasteiger partial charge in [0, 0.05) is 36.3 Å². The molecule has 33 heavy (non-hydrogen) atoms. The number of nitrogens with zero attached hydrogens (tertiary/aromatic N) is 1. The molecule has 2 aliphatic heterocycles. The summed E-state index contributed by atoms with van der Waals surface area (Å²) in [5.74, 6) is 0.227. The van der Waals surface area contributed by atoms with Crippen LogP contribution in [0.25, 0.3) is 0 Å². The van der Waals surface area contributed by atoms with Gasteiger partial charge in [0.25, 0.3) is 5.91 Å². The Morgan fingerprint density at radius 3 is 2.30 bits per heavy atom. The molecule has 2 bridgehead atoms.